The van der Waals surface area contributed by atoms with E-state index in [-0.39, 0.29) is 36.8 Å². The highest BCUT2D eigenvalue weighted by atomic mass is 19.1. The molecule has 0 saturated heterocycles. The average molecular weight is 345 g/mol. The molecule has 2 amide bonds. The Kier molecular flexibility index (Phi) is 6.45. The van der Waals surface area contributed by atoms with Gasteiger partial charge in [-0.3, -0.25) is 14.4 Å². The zero-order valence-electron chi connectivity index (χ0n) is 13.7. The number of aromatic nitrogens is 1. The molecule has 0 bridgehead atoms. The highest BCUT2D eigenvalue weighted by Gasteiger charge is 2.17. The van der Waals surface area contributed by atoms with E-state index in [0.29, 0.717) is 6.42 Å². The zero-order chi connectivity index (χ0) is 18.2. The quantitative estimate of drug-likeness (QED) is 0.742. The molecule has 0 saturated carbocycles. The number of carbonyl (C=O) groups excluding carboxylic acids is 2. The Morgan fingerprint density at radius 3 is 2.52 bits per heavy atom. The van der Waals surface area contributed by atoms with Gasteiger partial charge in [0.2, 0.25) is 11.8 Å². The van der Waals surface area contributed by atoms with E-state index in [9.17, 15) is 18.8 Å². The molecule has 0 spiro atoms. The van der Waals surface area contributed by atoms with Crippen molar-refractivity contribution in [2.45, 2.75) is 19.4 Å². The number of nitrogens with one attached hydrogen (secondary N) is 1. The lowest BCUT2D eigenvalue weighted by Gasteiger charge is -2.15. The van der Waals surface area contributed by atoms with Crippen LogP contribution in [0.25, 0.3) is 0 Å². The Bertz CT molecular complexity index is 787. The maximum atomic E-state index is 12.9. The number of primary amides is 1. The third-order valence-electron chi connectivity index (χ3n) is 3.82. The van der Waals surface area contributed by atoms with Crippen LogP contribution in [-0.4, -0.2) is 22.9 Å². The first-order valence-corrected chi connectivity index (χ1v) is 7.91. The number of pyridine rings is 1. The van der Waals surface area contributed by atoms with Crippen molar-refractivity contribution < 1.29 is 14.0 Å². The van der Waals surface area contributed by atoms with Crippen LogP contribution in [0.1, 0.15) is 12.0 Å². The van der Waals surface area contributed by atoms with Crippen molar-refractivity contribution in [3.63, 3.8) is 0 Å². The molecule has 1 unspecified atom stereocenters. The lowest BCUT2D eigenvalue weighted by atomic mass is 9.98. The summed E-state index contributed by atoms with van der Waals surface area (Å²) in [6.07, 6.45) is 2.04. The summed E-state index contributed by atoms with van der Waals surface area (Å²) in [7, 11) is 0. The molecule has 1 aromatic carbocycles. The van der Waals surface area contributed by atoms with E-state index < -0.39 is 11.8 Å². The first-order chi connectivity index (χ1) is 12.0. The van der Waals surface area contributed by atoms with Gasteiger partial charge in [-0.25, -0.2) is 4.39 Å². The molecule has 0 fully saturated rings. The highest BCUT2D eigenvalue weighted by molar-refractivity contribution is 5.79. The summed E-state index contributed by atoms with van der Waals surface area (Å²) in [6, 6.07) is 10.5. The molecular weight excluding hydrogens is 325 g/mol. The number of amides is 2. The van der Waals surface area contributed by atoms with E-state index in [4.69, 9.17) is 5.73 Å². The smallest absolute Gasteiger partial charge is 0.250 e. The molecule has 0 aliphatic carbocycles. The Morgan fingerprint density at radius 2 is 1.88 bits per heavy atom. The molecule has 2 aromatic rings. The van der Waals surface area contributed by atoms with E-state index in [0.717, 1.165) is 5.56 Å². The number of hydrogen-bond acceptors (Lipinski definition) is 3. The fourth-order valence-electron chi connectivity index (χ4n) is 2.37. The van der Waals surface area contributed by atoms with Crippen molar-refractivity contribution in [3.8, 4) is 0 Å². The Hall–Kier alpha value is -2.96. The maximum Gasteiger partial charge on any atom is 0.250 e. The molecule has 2 rings (SSSR count). The fourth-order valence-corrected chi connectivity index (χ4v) is 2.37. The van der Waals surface area contributed by atoms with E-state index >= 15 is 0 Å². The van der Waals surface area contributed by atoms with Crippen LogP contribution in [-0.2, 0) is 22.6 Å². The lowest BCUT2D eigenvalue weighted by molar-refractivity contribution is -0.123. The molecule has 132 valence electrons. The number of nitrogens with zero attached hydrogens (tertiary/aromatic N) is 1. The number of hydrogen-bond donors (Lipinski definition) is 2. The lowest BCUT2D eigenvalue weighted by Crippen LogP contribution is -2.37. The predicted molar refractivity (Wildman–Crippen MR) is 91.1 cm³/mol. The van der Waals surface area contributed by atoms with Gasteiger partial charge in [0.05, 0.1) is 5.92 Å². The van der Waals surface area contributed by atoms with Gasteiger partial charge in [-0.05, 0) is 30.2 Å². The third-order valence-corrected chi connectivity index (χ3v) is 3.82. The molecular formula is C18H20FN3O3. The molecule has 1 atom stereocenters. The number of nitrogens with two attached hydrogens (primary N) is 1. The number of carbonyl (C=O) groups is 2. The van der Waals surface area contributed by atoms with Gasteiger partial charge in [0.25, 0.3) is 5.56 Å². The summed E-state index contributed by atoms with van der Waals surface area (Å²) in [5.74, 6) is -1.76. The average Bonchev–Trinajstić information content (AvgIpc) is 2.59. The Balaban J connectivity index is 1.84. The summed E-state index contributed by atoms with van der Waals surface area (Å²) < 4.78 is 14.4. The predicted octanol–water partition coefficient (Wildman–Crippen LogP) is 0.838. The standard InChI is InChI=1S/C18H20FN3O3/c19-15-6-4-13(5-7-15)11-14(18(20)25)12-21-16(23)8-10-22-9-2-1-3-17(22)24/h1-7,9,14H,8,10-12H2,(H2,20,25)(H,21,23). The summed E-state index contributed by atoms with van der Waals surface area (Å²) in [5.41, 5.74) is 5.96. The monoisotopic (exact) mass is 345 g/mol. The molecule has 1 aromatic heterocycles. The van der Waals surface area contributed by atoms with Gasteiger partial charge in [0, 0.05) is 31.8 Å². The zero-order valence-corrected chi connectivity index (χ0v) is 13.7. The fraction of sp³-hybridized carbons (Fsp3) is 0.278. The van der Waals surface area contributed by atoms with Crippen molar-refractivity contribution in [1.82, 2.24) is 9.88 Å². The molecule has 0 aliphatic heterocycles. The van der Waals surface area contributed by atoms with Crippen molar-refractivity contribution in [2.75, 3.05) is 6.54 Å². The first kappa shape index (κ1) is 18.4. The molecule has 3 N–H and O–H groups in total. The van der Waals surface area contributed by atoms with Gasteiger partial charge in [-0.2, -0.15) is 0 Å². The maximum absolute atomic E-state index is 12.9. The molecule has 7 heteroatoms. The number of halogens is 1. The second-order valence-corrected chi connectivity index (χ2v) is 5.72. The molecule has 25 heavy (non-hydrogen) atoms. The van der Waals surface area contributed by atoms with Gasteiger partial charge in [-0.15, -0.1) is 0 Å². The summed E-state index contributed by atoms with van der Waals surface area (Å²) >= 11 is 0. The van der Waals surface area contributed by atoms with Crippen LogP contribution in [0.4, 0.5) is 4.39 Å². The van der Waals surface area contributed by atoms with Crippen LogP contribution in [0.15, 0.2) is 53.5 Å². The summed E-state index contributed by atoms with van der Waals surface area (Å²) in [4.78, 5) is 35.0. The van der Waals surface area contributed by atoms with Crippen LogP contribution in [0.3, 0.4) is 0 Å². The van der Waals surface area contributed by atoms with E-state index in [1.165, 1.54) is 22.8 Å². The van der Waals surface area contributed by atoms with Crippen LogP contribution in [0.2, 0.25) is 0 Å². The van der Waals surface area contributed by atoms with Crippen LogP contribution >= 0.6 is 0 Å². The van der Waals surface area contributed by atoms with Gasteiger partial charge < -0.3 is 15.6 Å². The second-order valence-electron chi connectivity index (χ2n) is 5.72. The third kappa shape index (κ3) is 5.87. The normalized spacial score (nSPS) is 11.7. The number of benzene rings is 1. The number of rotatable bonds is 8. The van der Waals surface area contributed by atoms with Crippen LogP contribution in [0, 0.1) is 11.7 Å². The minimum atomic E-state index is -0.589. The minimum Gasteiger partial charge on any atom is -0.369 e. The highest BCUT2D eigenvalue weighted by Crippen LogP contribution is 2.09. The van der Waals surface area contributed by atoms with Crippen molar-refractivity contribution >= 4 is 11.8 Å². The van der Waals surface area contributed by atoms with Gasteiger partial charge >= 0.3 is 0 Å². The summed E-state index contributed by atoms with van der Waals surface area (Å²) in [5, 5.41) is 2.66. The van der Waals surface area contributed by atoms with E-state index in [1.54, 1.807) is 30.5 Å². The second kappa shape index (κ2) is 8.77. The molecule has 0 radical (unpaired) electrons. The van der Waals surface area contributed by atoms with Crippen LogP contribution in [0.5, 0.6) is 0 Å². The molecule has 1 heterocycles. The SMILES string of the molecule is NC(=O)C(CNC(=O)CCn1ccccc1=O)Cc1ccc(F)cc1. The van der Waals surface area contributed by atoms with Crippen molar-refractivity contribution in [2.24, 2.45) is 11.7 Å². The topological polar surface area (TPSA) is 94.2 Å². The van der Waals surface area contributed by atoms with Gasteiger partial charge in [-0.1, -0.05) is 18.2 Å². The van der Waals surface area contributed by atoms with Gasteiger partial charge in [0.15, 0.2) is 0 Å². The number of aryl methyl sites for hydroxylation is 1. The molecule has 6 nitrogen and oxygen atoms in total. The van der Waals surface area contributed by atoms with Crippen molar-refractivity contribution in [1.29, 1.82) is 0 Å². The largest absolute Gasteiger partial charge is 0.369 e. The summed E-state index contributed by atoms with van der Waals surface area (Å²) in [6.45, 7) is 0.347. The molecule has 0 aliphatic rings. The van der Waals surface area contributed by atoms with E-state index in [2.05, 4.69) is 5.32 Å². The van der Waals surface area contributed by atoms with Gasteiger partial charge in [0.1, 0.15) is 5.82 Å². The van der Waals surface area contributed by atoms with E-state index in [1.807, 2.05) is 0 Å². The Morgan fingerprint density at radius 1 is 1.16 bits per heavy atom. The van der Waals surface area contributed by atoms with Crippen LogP contribution < -0.4 is 16.6 Å². The minimum absolute atomic E-state index is 0.0925. The van der Waals surface area contributed by atoms with Crippen molar-refractivity contribution in [3.05, 3.63) is 70.4 Å². The Labute approximate surface area is 144 Å². The first-order valence-electron chi connectivity index (χ1n) is 7.91.